The molecule has 0 aliphatic heterocycles. The Kier molecular flexibility index (Phi) is 6.37. The number of hydrogen-bond donors (Lipinski definition) is 3. The average Bonchev–Trinajstić information content (AvgIpc) is 2.44. The second kappa shape index (κ2) is 7.79. The smallest absolute Gasteiger partial charge is 0.408 e. The van der Waals surface area contributed by atoms with Crippen LogP contribution in [0.4, 0.5) is 4.79 Å². The Bertz CT molecular complexity index is 497. The molecule has 0 fully saturated rings. The maximum atomic E-state index is 12.0. The molecule has 0 bridgehead atoms. The van der Waals surface area contributed by atoms with Crippen molar-refractivity contribution in [1.29, 1.82) is 0 Å². The normalized spacial score (nSPS) is 14.0. The highest BCUT2D eigenvalue weighted by Crippen LogP contribution is 2.35. The minimum Gasteiger partial charge on any atom is -0.480 e. The van der Waals surface area contributed by atoms with Crippen LogP contribution < -0.4 is 10.6 Å². The predicted octanol–water partition coefficient (Wildman–Crippen LogP) is 2.17. The molecule has 1 aromatic rings. The number of alkyl carbamates (subject to hydrolysis) is 1. The maximum Gasteiger partial charge on any atom is 0.408 e. The van der Waals surface area contributed by atoms with Gasteiger partial charge in [-0.05, 0) is 12.6 Å². The quantitative estimate of drug-likeness (QED) is 0.749. The molecule has 0 aliphatic rings. The summed E-state index contributed by atoms with van der Waals surface area (Å²) in [6.07, 6.45) is -1.22. The molecule has 0 spiro atoms. The Labute approximate surface area is 130 Å². The van der Waals surface area contributed by atoms with Gasteiger partial charge in [0.1, 0.15) is 12.1 Å². The van der Waals surface area contributed by atoms with Crippen LogP contribution in [0.15, 0.2) is 30.3 Å². The first-order valence-electron chi connectivity index (χ1n) is 7.15. The Hall–Kier alpha value is -2.08. The summed E-state index contributed by atoms with van der Waals surface area (Å²) in [6.45, 7) is 6.00. The van der Waals surface area contributed by atoms with Crippen molar-refractivity contribution in [2.45, 2.75) is 32.9 Å². The zero-order valence-corrected chi connectivity index (χ0v) is 13.4. The number of nitrogens with one attached hydrogen (secondary N) is 2. The molecule has 0 radical (unpaired) electrons. The van der Waals surface area contributed by atoms with E-state index in [1.807, 2.05) is 51.1 Å². The second-order valence-electron chi connectivity index (χ2n) is 6.15. The lowest BCUT2D eigenvalue weighted by Gasteiger charge is -2.31. The lowest BCUT2D eigenvalue weighted by molar-refractivity contribution is -0.139. The van der Waals surface area contributed by atoms with Crippen LogP contribution in [0.1, 0.15) is 32.4 Å². The van der Waals surface area contributed by atoms with Crippen LogP contribution in [-0.2, 0) is 9.53 Å². The molecule has 1 amide bonds. The van der Waals surface area contributed by atoms with E-state index in [0.717, 1.165) is 5.56 Å². The molecule has 0 aliphatic carbocycles. The summed E-state index contributed by atoms with van der Waals surface area (Å²) in [5.41, 5.74) is 0.547. The van der Waals surface area contributed by atoms with Crippen molar-refractivity contribution in [2.24, 2.45) is 5.41 Å². The molecular formula is C16H24N2O4. The fourth-order valence-corrected chi connectivity index (χ4v) is 2.06. The average molecular weight is 308 g/mol. The van der Waals surface area contributed by atoms with Gasteiger partial charge in [0.05, 0.1) is 0 Å². The van der Waals surface area contributed by atoms with Gasteiger partial charge in [-0.15, -0.1) is 0 Å². The van der Waals surface area contributed by atoms with Gasteiger partial charge in [0.2, 0.25) is 0 Å². The highest BCUT2D eigenvalue weighted by Gasteiger charge is 2.31. The molecular weight excluding hydrogens is 284 g/mol. The van der Waals surface area contributed by atoms with E-state index in [1.165, 1.54) is 0 Å². The monoisotopic (exact) mass is 308 g/mol. The molecule has 1 aromatic carbocycles. The van der Waals surface area contributed by atoms with Crippen molar-refractivity contribution < 1.29 is 19.4 Å². The summed E-state index contributed by atoms with van der Waals surface area (Å²) in [4.78, 5) is 23.1. The Morgan fingerprint density at radius 1 is 1.23 bits per heavy atom. The third-order valence-corrected chi connectivity index (χ3v) is 3.11. The molecule has 2 atom stereocenters. The van der Waals surface area contributed by atoms with Crippen LogP contribution in [0.3, 0.4) is 0 Å². The molecule has 3 N–H and O–H groups in total. The summed E-state index contributed by atoms with van der Waals surface area (Å²) in [6, 6.07) is 8.36. The van der Waals surface area contributed by atoms with Gasteiger partial charge in [0.15, 0.2) is 0 Å². The van der Waals surface area contributed by atoms with E-state index in [-0.39, 0.29) is 12.0 Å². The minimum atomic E-state index is -1.11. The number of carbonyl (C=O) groups excluding carboxylic acids is 1. The van der Waals surface area contributed by atoms with E-state index >= 15 is 0 Å². The number of rotatable bonds is 6. The largest absolute Gasteiger partial charge is 0.480 e. The van der Waals surface area contributed by atoms with E-state index in [4.69, 9.17) is 9.84 Å². The summed E-state index contributed by atoms with van der Waals surface area (Å²) in [5.74, 6) is -1.11. The zero-order valence-electron chi connectivity index (χ0n) is 13.4. The third kappa shape index (κ3) is 5.37. The predicted molar refractivity (Wildman–Crippen MR) is 83.6 cm³/mol. The number of carbonyl (C=O) groups is 2. The number of likely N-dealkylation sites (N-methyl/N-ethyl adjacent to an activating group) is 1. The standard InChI is InChI=1S/C16H24N2O4/c1-16(2,3)13(11-8-6-5-7-9-11)22-15(21)18-12(10-17-4)14(19)20/h5-9,12-13,17H,10H2,1-4H3,(H,18,21)(H,19,20). The number of hydrogen-bond acceptors (Lipinski definition) is 4. The van der Waals surface area contributed by atoms with Crippen molar-refractivity contribution in [3.8, 4) is 0 Å². The van der Waals surface area contributed by atoms with Gasteiger partial charge in [0.25, 0.3) is 0 Å². The fourth-order valence-electron chi connectivity index (χ4n) is 2.06. The molecule has 22 heavy (non-hydrogen) atoms. The molecule has 122 valence electrons. The molecule has 0 saturated heterocycles. The van der Waals surface area contributed by atoms with E-state index in [1.54, 1.807) is 7.05 Å². The van der Waals surface area contributed by atoms with Crippen LogP contribution in [0, 0.1) is 5.41 Å². The summed E-state index contributed by atoms with van der Waals surface area (Å²) in [5, 5.41) is 14.1. The van der Waals surface area contributed by atoms with Crippen LogP contribution >= 0.6 is 0 Å². The highest BCUT2D eigenvalue weighted by atomic mass is 16.6. The van der Waals surface area contributed by atoms with Gasteiger partial charge < -0.3 is 20.5 Å². The number of amides is 1. The lowest BCUT2D eigenvalue weighted by atomic mass is 9.84. The third-order valence-electron chi connectivity index (χ3n) is 3.11. The molecule has 0 aromatic heterocycles. The van der Waals surface area contributed by atoms with Crippen molar-refractivity contribution >= 4 is 12.1 Å². The fraction of sp³-hybridized carbons (Fsp3) is 0.500. The molecule has 0 saturated carbocycles. The van der Waals surface area contributed by atoms with E-state index < -0.39 is 24.2 Å². The number of ether oxygens (including phenoxy) is 1. The van der Waals surface area contributed by atoms with Crippen LogP contribution in [0.5, 0.6) is 0 Å². The first kappa shape index (κ1) is 18.0. The number of aliphatic carboxylic acids is 1. The van der Waals surface area contributed by atoms with E-state index in [9.17, 15) is 9.59 Å². The van der Waals surface area contributed by atoms with Gasteiger partial charge in [0, 0.05) is 12.0 Å². The number of carboxylic acid groups (broad SMARTS) is 1. The van der Waals surface area contributed by atoms with Crippen molar-refractivity contribution in [3.05, 3.63) is 35.9 Å². The van der Waals surface area contributed by atoms with E-state index in [0.29, 0.717) is 0 Å². The Morgan fingerprint density at radius 2 is 1.82 bits per heavy atom. The topological polar surface area (TPSA) is 87.7 Å². The molecule has 6 nitrogen and oxygen atoms in total. The number of carboxylic acids is 1. The molecule has 0 heterocycles. The Balaban J connectivity index is 2.82. The van der Waals surface area contributed by atoms with Crippen molar-refractivity contribution in [2.75, 3.05) is 13.6 Å². The summed E-state index contributed by atoms with van der Waals surface area (Å²) < 4.78 is 5.49. The van der Waals surface area contributed by atoms with Gasteiger partial charge in [-0.1, -0.05) is 51.1 Å². The SMILES string of the molecule is CNCC(NC(=O)OC(c1ccccc1)C(C)(C)C)C(=O)O. The first-order chi connectivity index (χ1) is 10.3. The molecule has 1 rings (SSSR count). The molecule has 6 heteroatoms. The summed E-state index contributed by atoms with van der Waals surface area (Å²) >= 11 is 0. The van der Waals surface area contributed by atoms with Crippen LogP contribution in [0.2, 0.25) is 0 Å². The molecule has 2 unspecified atom stereocenters. The van der Waals surface area contributed by atoms with Gasteiger partial charge in [-0.25, -0.2) is 9.59 Å². The number of benzene rings is 1. The van der Waals surface area contributed by atoms with E-state index in [2.05, 4.69) is 10.6 Å². The van der Waals surface area contributed by atoms with Crippen LogP contribution in [-0.4, -0.2) is 36.8 Å². The van der Waals surface area contributed by atoms with Gasteiger partial charge in [-0.2, -0.15) is 0 Å². The minimum absolute atomic E-state index is 0.121. The van der Waals surface area contributed by atoms with Crippen molar-refractivity contribution in [1.82, 2.24) is 10.6 Å². The summed E-state index contributed by atoms with van der Waals surface area (Å²) in [7, 11) is 1.62. The van der Waals surface area contributed by atoms with Gasteiger partial charge in [-0.3, -0.25) is 0 Å². The first-order valence-corrected chi connectivity index (χ1v) is 7.15. The maximum absolute atomic E-state index is 12.0. The highest BCUT2D eigenvalue weighted by molar-refractivity contribution is 5.80. The van der Waals surface area contributed by atoms with Gasteiger partial charge >= 0.3 is 12.1 Å². The second-order valence-corrected chi connectivity index (χ2v) is 6.15. The lowest BCUT2D eigenvalue weighted by Crippen LogP contribution is -2.47. The zero-order chi connectivity index (χ0) is 16.8. The Morgan fingerprint density at radius 3 is 2.27 bits per heavy atom. The van der Waals surface area contributed by atoms with Crippen molar-refractivity contribution in [3.63, 3.8) is 0 Å². The van der Waals surface area contributed by atoms with Crippen LogP contribution in [0.25, 0.3) is 0 Å².